The number of hydrogen-bond acceptors (Lipinski definition) is 4. The average Bonchev–Trinajstić information content (AvgIpc) is 3.40. The molecule has 194 valence electrons. The molecule has 0 aliphatic carbocycles. The molecule has 37 heavy (non-hydrogen) atoms. The Balaban J connectivity index is 0.00000121. The minimum atomic E-state index is -0.602. The molecule has 1 amide bonds. The summed E-state index contributed by atoms with van der Waals surface area (Å²) in [5.41, 5.74) is 6.34. The molecule has 0 saturated carbocycles. The smallest absolute Gasteiger partial charge is 0.274 e. The van der Waals surface area contributed by atoms with Crippen molar-refractivity contribution in [2.45, 2.75) is 60.6 Å². The number of amides is 1. The van der Waals surface area contributed by atoms with E-state index in [1.165, 1.54) is 18.2 Å². The summed E-state index contributed by atoms with van der Waals surface area (Å²) in [5, 5.41) is 18.4. The maximum atomic E-state index is 13.1. The Bertz CT molecular complexity index is 1470. The number of allylic oxidation sites excluding steroid dienone is 5. The molecule has 1 atom stereocenters. The summed E-state index contributed by atoms with van der Waals surface area (Å²) < 4.78 is 3.61. The number of pyridine rings is 1. The highest BCUT2D eigenvalue weighted by atomic mass is 16.3. The van der Waals surface area contributed by atoms with E-state index < -0.39 is 6.10 Å². The normalized spacial score (nSPS) is 11.9. The van der Waals surface area contributed by atoms with Gasteiger partial charge in [-0.1, -0.05) is 56.7 Å². The van der Waals surface area contributed by atoms with Crippen LogP contribution in [0.5, 0.6) is 0 Å². The summed E-state index contributed by atoms with van der Waals surface area (Å²) >= 11 is 0. The van der Waals surface area contributed by atoms with Crippen molar-refractivity contribution >= 4 is 28.1 Å². The van der Waals surface area contributed by atoms with E-state index in [-0.39, 0.29) is 5.91 Å². The molecule has 7 nitrogen and oxygen atoms in total. The number of benzene rings is 1. The molecule has 0 radical (unpaired) electrons. The third-order valence-electron chi connectivity index (χ3n) is 5.57. The molecule has 4 rings (SSSR count). The van der Waals surface area contributed by atoms with E-state index in [0.717, 1.165) is 27.7 Å². The fraction of sp³-hybridized carbons (Fsp3) is 0.300. The van der Waals surface area contributed by atoms with E-state index in [1.807, 2.05) is 61.9 Å². The van der Waals surface area contributed by atoms with Crippen LogP contribution in [-0.4, -0.2) is 30.2 Å². The van der Waals surface area contributed by atoms with Crippen LogP contribution in [0.15, 0.2) is 78.7 Å². The monoisotopic (exact) mass is 499 g/mol. The summed E-state index contributed by atoms with van der Waals surface area (Å²) in [7, 11) is 0. The first-order chi connectivity index (χ1) is 17.7. The van der Waals surface area contributed by atoms with Gasteiger partial charge in [-0.2, -0.15) is 5.10 Å². The summed E-state index contributed by atoms with van der Waals surface area (Å²) in [5.74, 6) is -0.272. The van der Waals surface area contributed by atoms with E-state index in [0.29, 0.717) is 23.6 Å². The summed E-state index contributed by atoms with van der Waals surface area (Å²) in [6.45, 7) is 16.7. The standard InChI is InChI=1S/C27H29N5O2.C3H8/c1-17(2)8-6-9-18(3)16-32-23-11-7-10-22(26(23)19(4)30-32)29-27(34)24-15-28-25-14-21(20(5)33)12-13-31(24)25;1-3-2/h6-15,20,33H,3,16H2,1-2,4-5H3,(H,29,34);3H2,1-2H3/b9-6-;. The molecule has 3 aromatic heterocycles. The molecule has 0 aliphatic rings. The molecule has 7 heteroatoms. The SMILES string of the molecule is C=C(/C=C\C=C(C)C)Cn1nc(C)c2c(NC(=O)c3cnc4cc(C(C)O)ccn34)cccc21.CCC. The van der Waals surface area contributed by atoms with Crippen molar-refractivity contribution in [2.24, 2.45) is 0 Å². The number of aliphatic hydroxyl groups excluding tert-OH is 1. The van der Waals surface area contributed by atoms with Crippen LogP contribution in [-0.2, 0) is 6.54 Å². The van der Waals surface area contributed by atoms with Gasteiger partial charge in [0, 0.05) is 11.6 Å². The van der Waals surface area contributed by atoms with Crippen molar-refractivity contribution in [2.75, 3.05) is 5.32 Å². The molecule has 0 bridgehead atoms. The van der Waals surface area contributed by atoms with Crippen LogP contribution in [0.25, 0.3) is 16.6 Å². The largest absolute Gasteiger partial charge is 0.389 e. The summed E-state index contributed by atoms with van der Waals surface area (Å²) in [4.78, 5) is 17.5. The predicted octanol–water partition coefficient (Wildman–Crippen LogP) is 6.79. The maximum absolute atomic E-state index is 13.1. The molecule has 4 aromatic rings. The second-order valence-electron chi connectivity index (χ2n) is 9.37. The van der Waals surface area contributed by atoms with Gasteiger partial charge < -0.3 is 10.4 Å². The van der Waals surface area contributed by atoms with E-state index >= 15 is 0 Å². The number of nitrogens with zero attached hydrogens (tertiary/aromatic N) is 4. The number of aliphatic hydroxyl groups is 1. The minimum absolute atomic E-state index is 0.272. The van der Waals surface area contributed by atoms with Crippen molar-refractivity contribution < 1.29 is 9.90 Å². The molecule has 1 unspecified atom stereocenters. The first-order valence-electron chi connectivity index (χ1n) is 12.6. The number of hydrogen-bond donors (Lipinski definition) is 2. The van der Waals surface area contributed by atoms with Crippen molar-refractivity contribution in [1.82, 2.24) is 19.2 Å². The van der Waals surface area contributed by atoms with Gasteiger partial charge >= 0.3 is 0 Å². The number of carbonyl (C=O) groups is 1. The summed E-state index contributed by atoms with van der Waals surface area (Å²) in [6.07, 6.45) is 9.94. The Morgan fingerprint density at radius 3 is 2.65 bits per heavy atom. The quantitative estimate of drug-likeness (QED) is 0.274. The van der Waals surface area contributed by atoms with Gasteiger partial charge in [0.25, 0.3) is 5.91 Å². The van der Waals surface area contributed by atoms with Gasteiger partial charge in [0.15, 0.2) is 0 Å². The van der Waals surface area contributed by atoms with Crippen molar-refractivity contribution in [3.05, 3.63) is 95.6 Å². The van der Waals surface area contributed by atoms with Crippen LogP contribution >= 0.6 is 0 Å². The van der Waals surface area contributed by atoms with Gasteiger partial charge in [0.1, 0.15) is 11.3 Å². The number of anilines is 1. The first-order valence-corrected chi connectivity index (χ1v) is 12.6. The Labute approximate surface area is 218 Å². The van der Waals surface area contributed by atoms with Gasteiger partial charge in [0.05, 0.1) is 35.7 Å². The number of imidazole rings is 1. The lowest BCUT2D eigenvalue weighted by atomic mass is 10.1. The highest BCUT2D eigenvalue weighted by Crippen LogP contribution is 2.28. The highest BCUT2D eigenvalue weighted by molar-refractivity contribution is 6.08. The highest BCUT2D eigenvalue weighted by Gasteiger charge is 2.17. The van der Waals surface area contributed by atoms with E-state index in [9.17, 15) is 9.90 Å². The van der Waals surface area contributed by atoms with Crippen LogP contribution in [0.1, 0.15) is 68.9 Å². The Morgan fingerprint density at radius 2 is 1.97 bits per heavy atom. The lowest BCUT2D eigenvalue weighted by Gasteiger charge is -2.09. The zero-order valence-electron chi connectivity index (χ0n) is 22.6. The number of rotatable bonds is 7. The van der Waals surface area contributed by atoms with Gasteiger partial charge in [0.2, 0.25) is 0 Å². The average molecular weight is 500 g/mol. The predicted molar refractivity (Wildman–Crippen MR) is 152 cm³/mol. The van der Waals surface area contributed by atoms with E-state index in [1.54, 1.807) is 29.7 Å². The topological polar surface area (TPSA) is 84.5 Å². The second kappa shape index (κ2) is 12.3. The fourth-order valence-electron chi connectivity index (χ4n) is 3.88. The molecule has 2 N–H and O–H groups in total. The van der Waals surface area contributed by atoms with Crippen LogP contribution in [0.2, 0.25) is 0 Å². The summed E-state index contributed by atoms with van der Waals surface area (Å²) in [6, 6.07) is 9.32. The number of aromatic nitrogens is 4. The Kier molecular flexibility index (Phi) is 9.20. The molecular weight excluding hydrogens is 462 g/mol. The zero-order chi connectivity index (χ0) is 27.1. The van der Waals surface area contributed by atoms with Crippen LogP contribution in [0.4, 0.5) is 5.69 Å². The number of nitrogens with one attached hydrogen (secondary N) is 1. The molecular formula is C30H37N5O2. The van der Waals surface area contributed by atoms with E-state index in [2.05, 4.69) is 30.7 Å². The van der Waals surface area contributed by atoms with Gasteiger partial charge in [-0.15, -0.1) is 0 Å². The van der Waals surface area contributed by atoms with Crippen LogP contribution < -0.4 is 5.32 Å². The fourth-order valence-corrected chi connectivity index (χ4v) is 3.88. The zero-order valence-corrected chi connectivity index (χ0v) is 22.6. The molecule has 0 aliphatic heterocycles. The minimum Gasteiger partial charge on any atom is -0.389 e. The van der Waals surface area contributed by atoms with Gasteiger partial charge in [-0.05, 0) is 63.1 Å². The van der Waals surface area contributed by atoms with Crippen LogP contribution in [0, 0.1) is 6.92 Å². The molecule has 3 heterocycles. The van der Waals surface area contributed by atoms with Gasteiger partial charge in [-0.25, -0.2) is 4.98 Å². The molecule has 1 aromatic carbocycles. The first kappa shape index (κ1) is 27.6. The van der Waals surface area contributed by atoms with Crippen molar-refractivity contribution in [1.29, 1.82) is 0 Å². The van der Waals surface area contributed by atoms with Gasteiger partial charge in [-0.3, -0.25) is 13.9 Å². The number of aryl methyl sites for hydroxylation is 1. The van der Waals surface area contributed by atoms with E-state index in [4.69, 9.17) is 5.10 Å². The Hall–Kier alpha value is -3.97. The molecule has 0 saturated heterocycles. The third kappa shape index (κ3) is 6.62. The van der Waals surface area contributed by atoms with Crippen LogP contribution in [0.3, 0.4) is 0 Å². The lowest BCUT2D eigenvalue weighted by Crippen LogP contribution is -2.14. The third-order valence-corrected chi connectivity index (χ3v) is 5.57. The Morgan fingerprint density at radius 1 is 1.24 bits per heavy atom. The molecule has 0 fully saturated rings. The van der Waals surface area contributed by atoms with Crippen molar-refractivity contribution in [3.8, 4) is 0 Å². The maximum Gasteiger partial charge on any atom is 0.274 e. The lowest BCUT2D eigenvalue weighted by molar-refractivity contribution is 0.102. The van der Waals surface area contributed by atoms with Crippen molar-refractivity contribution in [3.63, 3.8) is 0 Å². The number of carbonyl (C=O) groups excluding carboxylic acids is 1. The molecule has 0 spiro atoms. The number of fused-ring (bicyclic) bond motifs is 2. The second-order valence-corrected chi connectivity index (χ2v) is 9.37.